The number of pyridine rings is 2. The van der Waals surface area contributed by atoms with Gasteiger partial charge in [-0.15, -0.1) is 0 Å². The van der Waals surface area contributed by atoms with Crippen LogP contribution in [0.5, 0.6) is 5.75 Å². The predicted molar refractivity (Wildman–Crippen MR) is 143 cm³/mol. The van der Waals surface area contributed by atoms with Crippen LogP contribution in [0.4, 0.5) is 92.2 Å². The Labute approximate surface area is 293 Å². The van der Waals surface area contributed by atoms with E-state index in [0.717, 1.165) is 0 Å². The fourth-order valence-corrected chi connectivity index (χ4v) is 4.58. The van der Waals surface area contributed by atoms with Crippen molar-refractivity contribution in [1.82, 2.24) is 14.9 Å². The lowest BCUT2D eigenvalue weighted by atomic mass is 9.88. The van der Waals surface area contributed by atoms with E-state index in [4.69, 9.17) is 0 Å². The van der Waals surface area contributed by atoms with Crippen LogP contribution in [-0.4, -0.2) is 69.1 Å². The molecule has 0 aliphatic carbocycles. The van der Waals surface area contributed by atoms with Gasteiger partial charge in [-0.2, -0.15) is 83.4 Å². The third kappa shape index (κ3) is 8.07. The predicted octanol–water partition coefficient (Wildman–Crippen LogP) is 10.4. The van der Waals surface area contributed by atoms with E-state index in [1.165, 1.54) is 53.7 Å². The van der Waals surface area contributed by atoms with E-state index in [2.05, 4.69) is 14.7 Å². The van der Waals surface area contributed by atoms with Gasteiger partial charge in [0.25, 0.3) is 0 Å². The quantitative estimate of drug-likeness (QED) is 0.0771. The molecule has 0 fully saturated rings. The van der Waals surface area contributed by atoms with Crippen LogP contribution >= 0.6 is 0 Å². The lowest BCUT2D eigenvalue weighted by molar-refractivity contribution is -0.461. The number of nitrogens with zero attached hydrogens (tertiary/aromatic N) is 3. The van der Waals surface area contributed by atoms with Crippen LogP contribution < -0.4 is 4.74 Å². The lowest BCUT2D eigenvalue weighted by Crippen LogP contribution is -2.74. The molecule has 0 saturated carbocycles. The highest BCUT2D eigenvalue weighted by molar-refractivity contribution is 5.34. The second-order valence-electron chi connectivity index (χ2n) is 11.5. The van der Waals surface area contributed by atoms with Crippen molar-refractivity contribution in [3.8, 4) is 5.75 Å². The van der Waals surface area contributed by atoms with Crippen LogP contribution in [0.2, 0.25) is 0 Å². The highest BCUT2D eigenvalue weighted by Gasteiger charge is 2.95. The molecule has 3 rings (SSSR count). The average Bonchev–Trinajstić information content (AvgIpc) is 3.08. The fraction of sp³-hybridized carbons (Fsp3) is 0.467. The summed E-state index contributed by atoms with van der Waals surface area (Å²) in [5.41, 5.74) is -0.726. The van der Waals surface area contributed by atoms with Crippen LogP contribution in [-0.2, 0) is 19.6 Å². The Morgan fingerprint density at radius 2 is 0.891 bits per heavy atom. The van der Waals surface area contributed by atoms with Gasteiger partial charge in [0.2, 0.25) is 11.6 Å². The summed E-state index contributed by atoms with van der Waals surface area (Å²) < 4.78 is 293. The molecular formula is C30H20F21N3O. The van der Waals surface area contributed by atoms with Crippen LogP contribution in [0, 0.1) is 23.3 Å². The highest BCUT2D eigenvalue weighted by Crippen LogP contribution is 2.64. The van der Waals surface area contributed by atoms with Gasteiger partial charge in [0, 0.05) is 44.0 Å². The summed E-state index contributed by atoms with van der Waals surface area (Å²) in [4.78, 5) is 9.22. The van der Waals surface area contributed by atoms with Gasteiger partial charge in [-0.25, -0.2) is 8.78 Å². The van der Waals surface area contributed by atoms with Crippen molar-refractivity contribution in [3.63, 3.8) is 0 Å². The smallest absolute Gasteiger partial charge is 0.460 e. The van der Waals surface area contributed by atoms with Gasteiger partial charge >= 0.3 is 47.6 Å². The average molecular weight is 837 g/mol. The van der Waals surface area contributed by atoms with Crippen molar-refractivity contribution >= 4 is 0 Å². The van der Waals surface area contributed by atoms with Gasteiger partial charge in [0.15, 0.2) is 17.4 Å². The second kappa shape index (κ2) is 15.4. The number of alkyl halides is 17. The fourth-order valence-electron chi connectivity index (χ4n) is 4.58. The zero-order valence-corrected chi connectivity index (χ0v) is 26.5. The van der Waals surface area contributed by atoms with E-state index < -0.39 is 108 Å². The van der Waals surface area contributed by atoms with Crippen LogP contribution in [0.25, 0.3) is 0 Å². The molecular weight excluding hydrogens is 817 g/mol. The van der Waals surface area contributed by atoms with Gasteiger partial charge in [0.05, 0.1) is 18.0 Å². The maximum absolute atomic E-state index is 15.0. The van der Waals surface area contributed by atoms with Crippen molar-refractivity contribution in [2.75, 3.05) is 6.61 Å². The van der Waals surface area contributed by atoms with E-state index in [-0.39, 0.29) is 13.1 Å². The summed E-state index contributed by atoms with van der Waals surface area (Å²) in [7, 11) is 0. The Kier molecular flexibility index (Phi) is 12.6. The molecule has 0 unspecified atom stereocenters. The molecule has 0 spiro atoms. The van der Waals surface area contributed by atoms with Gasteiger partial charge in [0.1, 0.15) is 0 Å². The third-order valence-electron chi connectivity index (χ3n) is 7.59. The molecule has 0 amide bonds. The molecule has 0 radical (unpaired) electrons. The molecule has 55 heavy (non-hydrogen) atoms. The molecule has 0 atom stereocenters. The topological polar surface area (TPSA) is 38.2 Å². The zero-order chi connectivity index (χ0) is 42.2. The molecule has 2 heterocycles. The van der Waals surface area contributed by atoms with Crippen molar-refractivity contribution in [2.24, 2.45) is 0 Å². The summed E-state index contributed by atoms with van der Waals surface area (Å²) >= 11 is 0. The van der Waals surface area contributed by atoms with E-state index >= 15 is 8.78 Å². The van der Waals surface area contributed by atoms with Gasteiger partial charge < -0.3 is 4.74 Å². The Morgan fingerprint density at radius 3 is 1.27 bits per heavy atom. The van der Waals surface area contributed by atoms with E-state index in [1.54, 1.807) is 0 Å². The molecule has 1 aromatic carbocycles. The van der Waals surface area contributed by atoms with Gasteiger partial charge in [-0.05, 0) is 30.7 Å². The lowest BCUT2D eigenvalue weighted by Gasteiger charge is -2.42. The minimum atomic E-state index is -8.81. The minimum Gasteiger partial charge on any atom is -0.487 e. The van der Waals surface area contributed by atoms with Crippen molar-refractivity contribution < 1.29 is 96.9 Å². The number of ether oxygens (including phenoxy) is 1. The third-order valence-corrected chi connectivity index (χ3v) is 7.59. The number of hydrogen-bond donors (Lipinski definition) is 0. The Balaban J connectivity index is 1.82. The molecule has 0 N–H and O–H groups in total. The van der Waals surface area contributed by atoms with Crippen molar-refractivity contribution in [3.05, 3.63) is 89.0 Å². The normalized spacial score (nSPS) is 14.1. The summed E-state index contributed by atoms with van der Waals surface area (Å²) in [6.45, 7) is -3.17. The number of rotatable bonds is 17. The summed E-state index contributed by atoms with van der Waals surface area (Å²) in [6.07, 6.45) is -10.2. The van der Waals surface area contributed by atoms with Crippen LogP contribution in [0.1, 0.15) is 29.8 Å². The second-order valence-corrected chi connectivity index (χ2v) is 11.5. The monoisotopic (exact) mass is 837 g/mol. The van der Waals surface area contributed by atoms with Gasteiger partial charge in [-0.1, -0.05) is 12.1 Å². The first-order valence-electron chi connectivity index (χ1n) is 14.6. The van der Waals surface area contributed by atoms with Crippen LogP contribution in [0.3, 0.4) is 0 Å². The molecule has 25 heteroatoms. The van der Waals surface area contributed by atoms with Crippen molar-refractivity contribution in [1.29, 1.82) is 0 Å². The molecule has 3 aromatic rings. The van der Waals surface area contributed by atoms with E-state index in [9.17, 15) is 83.4 Å². The van der Waals surface area contributed by atoms with Crippen molar-refractivity contribution in [2.45, 2.75) is 80.1 Å². The first-order chi connectivity index (χ1) is 24.9. The Morgan fingerprint density at radius 1 is 0.491 bits per heavy atom. The zero-order valence-electron chi connectivity index (χ0n) is 26.5. The standard InChI is InChI=1S/C30H20F21N3O/c31-18-17(14-54(12-15-6-1-3-9-52-15)13-16-7-2-4-10-53-16)19(32)21(34)22(20(18)33)55-11-5-8-23(35,36)24(37,38)25(39,40)26(41,42)27(43,44)28(45,46)29(47,48)30(49,50)51/h1-4,6-7,9-10H,5,8,11-14H2. The maximum Gasteiger partial charge on any atom is 0.460 e. The van der Waals surface area contributed by atoms with E-state index in [0.29, 0.717) is 11.4 Å². The first kappa shape index (κ1) is 45.2. The molecule has 0 aliphatic rings. The molecule has 4 nitrogen and oxygen atoms in total. The summed E-state index contributed by atoms with van der Waals surface area (Å²) in [6, 6.07) is 9.01. The molecule has 308 valence electrons. The number of hydrogen-bond acceptors (Lipinski definition) is 4. The van der Waals surface area contributed by atoms with Gasteiger partial charge in [-0.3, -0.25) is 14.9 Å². The molecule has 0 bridgehead atoms. The van der Waals surface area contributed by atoms with E-state index in [1.807, 2.05) is 0 Å². The molecule has 0 saturated heterocycles. The first-order valence-corrected chi connectivity index (χ1v) is 14.6. The Hall–Kier alpha value is -4.19. The number of halogens is 21. The molecule has 2 aromatic heterocycles. The molecule has 0 aliphatic heterocycles. The minimum absolute atomic E-state index is 0.207. The number of benzene rings is 1. The Bertz CT molecular complexity index is 1700. The number of aromatic nitrogens is 2. The summed E-state index contributed by atoms with van der Waals surface area (Å²) in [5.74, 6) is -69.1. The highest BCUT2D eigenvalue weighted by atomic mass is 19.4. The van der Waals surface area contributed by atoms with Crippen LogP contribution in [0.15, 0.2) is 48.8 Å². The summed E-state index contributed by atoms with van der Waals surface area (Å²) in [5, 5.41) is 0. The largest absolute Gasteiger partial charge is 0.487 e. The maximum atomic E-state index is 15.0. The SMILES string of the molecule is Fc1c(F)c(OCCCC(F)(F)C(F)(F)C(F)(F)C(F)(F)C(F)(F)C(F)(F)C(F)(F)C(F)(F)F)c(F)c(F)c1CN(Cc1ccccn1)Cc1ccccn1.